The Hall–Kier alpha value is -2.20. The van der Waals surface area contributed by atoms with Gasteiger partial charge < -0.3 is 10.4 Å². The van der Waals surface area contributed by atoms with Gasteiger partial charge in [0.1, 0.15) is 0 Å². The number of hydrogen-bond donors (Lipinski definition) is 2. The van der Waals surface area contributed by atoms with Crippen molar-refractivity contribution in [1.29, 1.82) is 0 Å². The van der Waals surface area contributed by atoms with Gasteiger partial charge in [-0.15, -0.1) is 0 Å². The molecule has 0 spiro atoms. The minimum absolute atomic E-state index is 0.466. The van der Waals surface area contributed by atoms with E-state index in [-0.39, 0.29) is 0 Å². The normalized spacial score (nSPS) is 11.9. The predicted molar refractivity (Wildman–Crippen MR) is 69.0 cm³/mol. The SMILES string of the molecule is Cc1ccc(NC(=O)C(O)c2ccccc2)cn1. The monoisotopic (exact) mass is 242 g/mol. The summed E-state index contributed by atoms with van der Waals surface area (Å²) in [5.74, 6) is -0.466. The molecule has 1 unspecified atom stereocenters. The molecule has 0 aliphatic carbocycles. The summed E-state index contributed by atoms with van der Waals surface area (Å²) in [5.41, 5.74) is 2.01. The number of pyridine rings is 1. The van der Waals surface area contributed by atoms with Crippen LogP contribution in [0.2, 0.25) is 0 Å². The number of amides is 1. The highest BCUT2D eigenvalue weighted by Crippen LogP contribution is 2.15. The molecule has 92 valence electrons. The van der Waals surface area contributed by atoms with Gasteiger partial charge in [-0.3, -0.25) is 9.78 Å². The van der Waals surface area contributed by atoms with Crippen molar-refractivity contribution in [2.45, 2.75) is 13.0 Å². The van der Waals surface area contributed by atoms with E-state index in [0.717, 1.165) is 5.69 Å². The number of carbonyl (C=O) groups excluding carboxylic acids is 1. The van der Waals surface area contributed by atoms with Crippen LogP contribution in [0.5, 0.6) is 0 Å². The van der Waals surface area contributed by atoms with Gasteiger partial charge in [-0.25, -0.2) is 0 Å². The highest BCUT2D eigenvalue weighted by atomic mass is 16.3. The first-order chi connectivity index (χ1) is 8.66. The quantitative estimate of drug-likeness (QED) is 0.866. The molecule has 0 saturated heterocycles. The maximum Gasteiger partial charge on any atom is 0.257 e. The number of aliphatic hydroxyl groups is 1. The molecule has 1 atom stereocenters. The Bertz CT molecular complexity index is 523. The van der Waals surface area contributed by atoms with Crippen molar-refractivity contribution in [2.75, 3.05) is 5.32 Å². The molecule has 0 aliphatic rings. The van der Waals surface area contributed by atoms with Crippen LogP contribution in [0.25, 0.3) is 0 Å². The van der Waals surface area contributed by atoms with Crippen LogP contribution in [0, 0.1) is 6.92 Å². The average Bonchev–Trinajstić information content (AvgIpc) is 2.41. The summed E-state index contributed by atoms with van der Waals surface area (Å²) < 4.78 is 0. The molecule has 0 radical (unpaired) electrons. The molecule has 2 rings (SSSR count). The fourth-order valence-corrected chi connectivity index (χ4v) is 1.54. The van der Waals surface area contributed by atoms with Gasteiger partial charge in [0.15, 0.2) is 6.10 Å². The number of hydrogen-bond acceptors (Lipinski definition) is 3. The Kier molecular flexibility index (Phi) is 3.69. The first kappa shape index (κ1) is 12.3. The van der Waals surface area contributed by atoms with E-state index in [0.29, 0.717) is 11.3 Å². The Morgan fingerprint density at radius 2 is 1.94 bits per heavy atom. The van der Waals surface area contributed by atoms with Crippen molar-refractivity contribution < 1.29 is 9.90 Å². The molecule has 2 N–H and O–H groups in total. The molecule has 1 amide bonds. The van der Waals surface area contributed by atoms with E-state index in [1.165, 1.54) is 0 Å². The number of nitrogens with zero attached hydrogens (tertiary/aromatic N) is 1. The van der Waals surface area contributed by atoms with Crippen LogP contribution >= 0.6 is 0 Å². The summed E-state index contributed by atoms with van der Waals surface area (Å²) in [4.78, 5) is 15.9. The summed E-state index contributed by atoms with van der Waals surface area (Å²) in [6, 6.07) is 12.3. The molecule has 1 aromatic carbocycles. The fourth-order valence-electron chi connectivity index (χ4n) is 1.54. The number of aromatic nitrogens is 1. The summed E-state index contributed by atoms with van der Waals surface area (Å²) in [6.07, 6.45) is 0.387. The number of aryl methyl sites for hydroxylation is 1. The second-order valence-electron chi connectivity index (χ2n) is 3.99. The lowest BCUT2D eigenvalue weighted by molar-refractivity contribution is -0.124. The molecule has 1 heterocycles. The van der Waals surface area contributed by atoms with E-state index in [4.69, 9.17) is 0 Å². The van der Waals surface area contributed by atoms with Gasteiger partial charge in [-0.05, 0) is 24.6 Å². The van der Waals surface area contributed by atoms with E-state index in [9.17, 15) is 9.90 Å². The number of anilines is 1. The molecule has 0 aliphatic heterocycles. The maximum absolute atomic E-state index is 11.8. The van der Waals surface area contributed by atoms with E-state index in [1.807, 2.05) is 13.0 Å². The van der Waals surface area contributed by atoms with Gasteiger partial charge in [0.2, 0.25) is 0 Å². The van der Waals surface area contributed by atoms with Gasteiger partial charge in [-0.2, -0.15) is 0 Å². The lowest BCUT2D eigenvalue weighted by atomic mass is 10.1. The minimum atomic E-state index is -1.17. The Morgan fingerprint density at radius 1 is 1.22 bits per heavy atom. The maximum atomic E-state index is 11.8. The van der Waals surface area contributed by atoms with Crippen LogP contribution in [-0.4, -0.2) is 16.0 Å². The molecule has 0 fully saturated rings. The number of nitrogens with one attached hydrogen (secondary N) is 1. The van der Waals surface area contributed by atoms with Crippen molar-refractivity contribution in [3.63, 3.8) is 0 Å². The number of rotatable bonds is 3. The summed E-state index contributed by atoms with van der Waals surface area (Å²) in [7, 11) is 0. The molecule has 2 aromatic rings. The smallest absolute Gasteiger partial charge is 0.257 e. The molecule has 1 aromatic heterocycles. The minimum Gasteiger partial charge on any atom is -0.378 e. The zero-order valence-electron chi connectivity index (χ0n) is 10.00. The van der Waals surface area contributed by atoms with Gasteiger partial charge in [0.25, 0.3) is 5.91 Å². The second-order valence-corrected chi connectivity index (χ2v) is 3.99. The Balaban J connectivity index is 2.06. The largest absolute Gasteiger partial charge is 0.378 e. The molecule has 4 heteroatoms. The van der Waals surface area contributed by atoms with Gasteiger partial charge >= 0.3 is 0 Å². The molecule has 0 bridgehead atoms. The van der Waals surface area contributed by atoms with E-state index < -0.39 is 12.0 Å². The molecular weight excluding hydrogens is 228 g/mol. The number of aliphatic hydroxyl groups excluding tert-OH is 1. The van der Waals surface area contributed by atoms with Crippen LogP contribution in [0.15, 0.2) is 48.7 Å². The lowest BCUT2D eigenvalue weighted by Gasteiger charge is -2.11. The average molecular weight is 242 g/mol. The van der Waals surface area contributed by atoms with Crippen molar-refractivity contribution in [3.8, 4) is 0 Å². The first-order valence-electron chi connectivity index (χ1n) is 5.63. The van der Waals surface area contributed by atoms with Crippen LogP contribution in [0.4, 0.5) is 5.69 Å². The number of carbonyl (C=O) groups is 1. The van der Waals surface area contributed by atoms with Gasteiger partial charge in [0.05, 0.1) is 11.9 Å². The van der Waals surface area contributed by atoms with Gasteiger partial charge in [-0.1, -0.05) is 30.3 Å². The lowest BCUT2D eigenvalue weighted by Crippen LogP contribution is -2.20. The van der Waals surface area contributed by atoms with Crippen molar-refractivity contribution >= 4 is 11.6 Å². The van der Waals surface area contributed by atoms with Gasteiger partial charge in [0, 0.05) is 5.69 Å². The zero-order valence-corrected chi connectivity index (χ0v) is 10.00. The standard InChI is InChI=1S/C14H14N2O2/c1-10-7-8-12(9-15-10)16-14(18)13(17)11-5-3-2-4-6-11/h2-9,13,17H,1H3,(H,16,18). The zero-order chi connectivity index (χ0) is 13.0. The Labute approximate surface area is 105 Å². The molecule has 18 heavy (non-hydrogen) atoms. The van der Waals surface area contributed by atoms with E-state index in [1.54, 1.807) is 42.6 Å². The van der Waals surface area contributed by atoms with E-state index in [2.05, 4.69) is 10.3 Å². The predicted octanol–water partition coefficient (Wildman–Crippen LogP) is 2.06. The van der Waals surface area contributed by atoms with Crippen LogP contribution in [0.1, 0.15) is 17.4 Å². The summed E-state index contributed by atoms with van der Waals surface area (Å²) >= 11 is 0. The first-order valence-corrected chi connectivity index (χ1v) is 5.63. The molecule has 0 saturated carbocycles. The Morgan fingerprint density at radius 3 is 2.56 bits per heavy atom. The van der Waals surface area contributed by atoms with Crippen LogP contribution in [0.3, 0.4) is 0 Å². The summed E-state index contributed by atoms with van der Waals surface area (Å²) in [6.45, 7) is 1.87. The second kappa shape index (κ2) is 5.42. The fraction of sp³-hybridized carbons (Fsp3) is 0.143. The van der Waals surface area contributed by atoms with Crippen LogP contribution in [-0.2, 0) is 4.79 Å². The van der Waals surface area contributed by atoms with Crippen molar-refractivity contribution in [1.82, 2.24) is 4.98 Å². The molecular formula is C14H14N2O2. The number of benzene rings is 1. The third-order valence-corrected chi connectivity index (χ3v) is 2.54. The molecule has 4 nitrogen and oxygen atoms in total. The van der Waals surface area contributed by atoms with Crippen LogP contribution < -0.4 is 5.32 Å². The highest BCUT2D eigenvalue weighted by Gasteiger charge is 2.16. The topological polar surface area (TPSA) is 62.2 Å². The van der Waals surface area contributed by atoms with Crippen molar-refractivity contribution in [3.05, 3.63) is 59.9 Å². The van der Waals surface area contributed by atoms with Crippen molar-refractivity contribution in [2.24, 2.45) is 0 Å². The third kappa shape index (κ3) is 2.93. The van der Waals surface area contributed by atoms with E-state index >= 15 is 0 Å². The summed E-state index contributed by atoms with van der Waals surface area (Å²) in [5, 5.41) is 12.5. The third-order valence-electron chi connectivity index (χ3n) is 2.54. The highest BCUT2D eigenvalue weighted by molar-refractivity contribution is 5.94.